The molecule has 3 nitrogen and oxygen atoms in total. The Kier molecular flexibility index (Phi) is 3.93. The fourth-order valence-electron chi connectivity index (χ4n) is 3.49. The normalized spacial score (nSPS) is 23.4. The summed E-state index contributed by atoms with van der Waals surface area (Å²) in [6, 6.07) is 8.73. The number of halogens is 1. The van der Waals surface area contributed by atoms with Gasteiger partial charge in [-0.1, -0.05) is 28.1 Å². The van der Waals surface area contributed by atoms with Gasteiger partial charge in [0.1, 0.15) is 0 Å². The van der Waals surface area contributed by atoms with Crippen molar-refractivity contribution >= 4 is 15.9 Å². The lowest BCUT2D eigenvalue weighted by molar-refractivity contribution is -0.136. The average Bonchev–Trinajstić information content (AvgIpc) is 2.38. The van der Waals surface area contributed by atoms with E-state index in [1.807, 2.05) is 0 Å². The molecule has 0 aliphatic carbocycles. The Balaban J connectivity index is 1.95. The molecule has 0 amide bonds. The molecule has 1 aromatic carbocycles. The van der Waals surface area contributed by atoms with Crippen molar-refractivity contribution in [1.29, 1.82) is 0 Å². The van der Waals surface area contributed by atoms with Gasteiger partial charge in [0.15, 0.2) is 0 Å². The largest absolute Gasteiger partial charge is 0.379 e. The Morgan fingerprint density at radius 1 is 1.25 bits per heavy atom. The van der Waals surface area contributed by atoms with Gasteiger partial charge in [-0.25, -0.2) is 0 Å². The summed E-state index contributed by atoms with van der Waals surface area (Å²) >= 11 is 3.61. The van der Waals surface area contributed by atoms with Crippen molar-refractivity contribution in [2.75, 3.05) is 39.4 Å². The summed E-state index contributed by atoms with van der Waals surface area (Å²) in [6.07, 6.45) is 0. The first-order valence-corrected chi connectivity index (χ1v) is 8.15. The summed E-state index contributed by atoms with van der Waals surface area (Å²) in [5.74, 6) is 0. The third-order valence-corrected chi connectivity index (χ3v) is 5.65. The van der Waals surface area contributed by atoms with Crippen molar-refractivity contribution < 1.29 is 4.74 Å². The molecule has 1 N–H and O–H groups in total. The summed E-state index contributed by atoms with van der Waals surface area (Å²) in [5, 5.41) is 3.44. The van der Waals surface area contributed by atoms with Crippen LogP contribution in [0.2, 0.25) is 0 Å². The molecule has 0 spiro atoms. The van der Waals surface area contributed by atoms with E-state index in [2.05, 4.69) is 64.3 Å². The van der Waals surface area contributed by atoms with E-state index in [9.17, 15) is 0 Å². The SMILES string of the molecule is CC(C)(N1CCNCC1)C1(c2cccc(Br)c2)COC1. The van der Waals surface area contributed by atoms with Gasteiger partial charge in [0.25, 0.3) is 0 Å². The number of rotatable bonds is 3. The molecule has 110 valence electrons. The fourth-order valence-corrected chi connectivity index (χ4v) is 3.89. The smallest absolute Gasteiger partial charge is 0.0603 e. The van der Waals surface area contributed by atoms with Crippen molar-refractivity contribution in [3.8, 4) is 0 Å². The molecular weight excluding hydrogens is 316 g/mol. The van der Waals surface area contributed by atoms with E-state index in [-0.39, 0.29) is 11.0 Å². The Morgan fingerprint density at radius 2 is 1.95 bits per heavy atom. The van der Waals surface area contributed by atoms with Gasteiger partial charge in [-0.2, -0.15) is 0 Å². The molecule has 0 saturated carbocycles. The van der Waals surface area contributed by atoms with E-state index in [0.29, 0.717) is 0 Å². The van der Waals surface area contributed by atoms with Crippen LogP contribution >= 0.6 is 15.9 Å². The number of ether oxygens (including phenoxy) is 1. The summed E-state index contributed by atoms with van der Waals surface area (Å²) in [6.45, 7) is 10.8. The quantitative estimate of drug-likeness (QED) is 0.915. The summed E-state index contributed by atoms with van der Waals surface area (Å²) in [4.78, 5) is 2.62. The fraction of sp³-hybridized carbons (Fsp3) is 0.625. The topological polar surface area (TPSA) is 24.5 Å². The van der Waals surface area contributed by atoms with Crippen molar-refractivity contribution in [2.45, 2.75) is 24.8 Å². The highest BCUT2D eigenvalue weighted by molar-refractivity contribution is 9.10. The monoisotopic (exact) mass is 338 g/mol. The predicted octanol–water partition coefficient (Wildman–Crippen LogP) is 2.40. The minimum atomic E-state index is 0.105. The summed E-state index contributed by atoms with van der Waals surface area (Å²) < 4.78 is 6.80. The average molecular weight is 339 g/mol. The Morgan fingerprint density at radius 3 is 2.50 bits per heavy atom. The van der Waals surface area contributed by atoms with E-state index >= 15 is 0 Å². The molecule has 0 atom stereocenters. The van der Waals surface area contributed by atoms with Crippen LogP contribution in [0.1, 0.15) is 19.4 Å². The van der Waals surface area contributed by atoms with Crippen LogP contribution < -0.4 is 5.32 Å². The second-order valence-corrected chi connectivity index (χ2v) is 7.30. The van der Waals surface area contributed by atoms with Gasteiger partial charge >= 0.3 is 0 Å². The first kappa shape index (κ1) is 14.5. The predicted molar refractivity (Wildman–Crippen MR) is 85.2 cm³/mol. The first-order chi connectivity index (χ1) is 9.56. The molecular formula is C16H23BrN2O. The van der Waals surface area contributed by atoms with Crippen molar-refractivity contribution in [1.82, 2.24) is 10.2 Å². The molecule has 2 heterocycles. The first-order valence-electron chi connectivity index (χ1n) is 7.36. The number of nitrogens with one attached hydrogen (secondary N) is 1. The second kappa shape index (κ2) is 5.41. The molecule has 2 fully saturated rings. The van der Waals surface area contributed by atoms with Gasteiger partial charge < -0.3 is 10.1 Å². The van der Waals surface area contributed by atoms with Crippen molar-refractivity contribution in [3.05, 3.63) is 34.3 Å². The highest BCUT2D eigenvalue weighted by atomic mass is 79.9. The standard InChI is InChI=1S/C16H23BrN2O/c1-15(2,19-8-6-18-7-9-19)16(11-20-12-16)13-4-3-5-14(17)10-13/h3-5,10,18H,6-9,11-12H2,1-2H3. The molecule has 20 heavy (non-hydrogen) atoms. The van der Waals surface area contributed by atoms with E-state index in [1.54, 1.807) is 0 Å². The van der Waals surface area contributed by atoms with Crippen molar-refractivity contribution in [3.63, 3.8) is 0 Å². The van der Waals surface area contributed by atoms with Crippen LogP contribution in [0.4, 0.5) is 0 Å². The number of piperazine rings is 1. The van der Waals surface area contributed by atoms with Gasteiger partial charge in [0.2, 0.25) is 0 Å². The maximum atomic E-state index is 5.65. The minimum absolute atomic E-state index is 0.105. The van der Waals surface area contributed by atoms with Crippen LogP contribution in [-0.4, -0.2) is 49.8 Å². The van der Waals surface area contributed by atoms with Gasteiger partial charge in [-0.05, 0) is 31.5 Å². The van der Waals surface area contributed by atoms with Crippen LogP contribution in [0.15, 0.2) is 28.7 Å². The lowest BCUT2D eigenvalue weighted by Gasteiger charge is -2.58. The van der Waals surface area contributed by atoms with Gasteiger partial charge in [0.05, 0.1) is 18.6 Å². The summed E-state index contributed by atoms with van der Waals surface area (Å²) in [7, 11) is 0. The van der Waals surface area contributed by atoms with Crippen LogP contribution in [-0.2, 0) is 10.2 Å². The number of hydrogen-bond donors (Lipinski definition) is 1. The molecule has 2 aliphatic heterocycles. The zero-order valence-corrected chi connectivity index (χ0v) is 13.9. The lowest BCUT2D eigenvalue weighted by atomic mass is 9.64. The maximum absolute atomic E-state index is 5.65. The number of nitrogens with zero attached hydrogens (tertiary/aromatic N) is 1. The second-order valence-electron chi connectivity index (χ2n) is 6.38. The Labute approximate surface area is 129 Å². The third-order valence-electron chi connectivity index (χ3n) is 5.15. The molecule has 1 aromatic rings. The third kappa shape index (κ3) is 2.23. The van der Waals surface area contributed by atoms with Gasteiger partial charge in [-0.3, -0.25) is 4.90 Å². The van der Waals surface area contributed by atoms with E-state index in [4.69, 9.17) is 4.74 Å². The zero-order valence-electron chi connectivity index (χ0n) is 12.3. The highest BCUT2D eigenvalue weighted by Gasteiger charge is 2.54. The molecule has 0 unspecified atom stereocenters. The molecule has 3 rings (SSSR count). The molecule has 4 heteroatoms. The van der Waals surface area contributed by atoms with Crippen LogP contribution in [0.5, 0.6) is 0 Å². The van der Waals surface area contributed by atoms with Gasteiger partial charge in [-0.15, -0.1) is 0 Å². The van der Waals surface area contributed by atoms with Crippen LogP contribution in [0, 0.1) is 0 Å². The Hall–Kier alpha value is -0.420. The minimum Gasteiger partial charge on any atom is -0.379 e. The van der Waals surface area contributed by atoms with E-state index in [1.165, 1.54) is 5.56 Å². The highest BCUT2D eigenvalue weighted by Crippen LogP contribution is 2.45. The van der Waals surface area contributed by atoms with Crippen LogP contribution in [0.3, 0.4) is 0 Å². The molecule has 2 saturated heterocycles. The molecule has 0 aromatic heterocycles. The number of benzene rings is 1. The van der Waals surface area contributed by atoms with E-state index in [0.717, 1.165) is 43.9 Å². The molecule has 0 radical (unpaired) electrons. The van der Waals surface area contributed by atoms with Crippen LogP contribution in [0.25, 0.3) is 0 Å². The molecule has 2 aliphatic rings. The molecule has 0 bridgehead atoms. The number of hydrogen-bond acceptors (Lipinski definition) is 3. The zero-order chi connectivity index (χ0) is 14.2. The maximum Gasteiger partial charge on any atom is 0.0603 e. The van der Waals surface area contributed by atoms with Crippen molar-refractivity contribution in [2.24, 2.45) is 0 Å². The lowest BCUT2D eigenvalue weighted by Crippen LogP contribution is -2.69. The Bertz CT molecular complexity index is 479. The van der Waals surface area contributed by atoms with Gasteiger partial charge in [0, 0.05) is 36.2 Å². The van der Waals surface area contributed by atoms with E-state index < -0.39 is 0 Å². The summed E-state index contributed by atoms with van der Waals surface area (Å²) in [5.41, 5.74) is 1.60.